The number of hydrogen-bond donors (Lipinski definition) is 4. The number of fused-ring (bicyclic) bond motifs is 1. The lowest BCUT2D eigenvalue weighted by molar-refractivity contribution is -0.0511. The highest BCUT2D eigenvalue weighted by atomic mass is 127. The van der Waals surface area contributed by atoms with Crippen LogP contribution in [-0.4, -0.2) is 59.2 Å². The average Bonchev–Trinajstić information content (AvgIpc) is 2.89. The third kappa shape index (κ3) is 2.20. The number of aliphatic hydroxyl groups excluding tert-OH is 3. The van der Waals surface area contributed by atoms with Crippen molar-refractivity contribution in [3.05, 3.63) is 20.4 Å². The predicted molar refractivity (Wildman–Crippen MR) is 77.4 cm³/mol. The van der Waals surface area contributed by atoms with Crippen molar-refractivity contribution >= 4 is 34.3 Å². The maximum Gasteiger partial charge on any atom is 0.358 e. The smallest absolute Gasteiger partial charge is 0.358 e. The van der Waals surface area contributed by atoms with Crippen molar-refractivity contribution in [2.75, 3.05) is 12.3 Å². The van der Waals surface area contributed by atoms with Gasteiger partial charge in [0.15, 0.2) is 6.23 Å². The van der Waals surface area contributed by atoms with Crippen LogP contribution in [0.2, 0.25) is 0 Å². The third-order valence-corrected chi connectivity index (χ3v) is 4.06. The lowest BCUT2D eigenvalue weighted by Gasteiger charge is -2.16. The zero-order valence-corrected chi connectivity index (χ0v) is 12.7. The van der Waals surface area contributed by atoms with Crippen molar-refractivity contribution in [3.8, 4) is 0 Å². The van der Waals surface area contributed by atoms with Crippen molar-refractivity contribution in [1.82, 2.24) is 18.9 Å². The second kappa shape index (κ2) is 5.17. The average molecular weight is 409 g/mol. The van der Waals surface area contributed by atoms with E-state index in [4.69, 9.17) is 15.6 Å². The molecule has 1 fully saturated rings. The van der Waals surface area contributed by atoms with E-state index in [0.717, 1.165) is 0 Å². The fourth-order valence-electron chi connectivity index (χ4n) is 2.30. The van der Waals surface area contributed by atoms with E-state index in [9.17, 15) is 15.0 Å². The maximum absolute atomic E-state index is 11.8. The Morgan fingerprint density at radius 1 is 1.38 bits per heavy atom. The molecule has 3 rings (SSSR count). The van der Waals surface area contributed by atoms with Crippen LogP contribution in [-0.2, 0) is 4.74 Å². The van der Waals surface area contributed by atoms with Crippen LogP contribution in [0.4, 0.5) is 5.95 Å². The summed E-state index contributed by atoms with van der Waals surface area (Å²) in [6.07, 6.45) is -2.92. The van der Waals surface area contributed by atoms with Gasteiger partial charge in [-0.1, -0.05) is 0 Å². The molecule has 10 nitrogen and oxygen atoms in total. The summed E-state index contributed by atoms with van der Waals surface area (Å²) in [7, 11) is 0. The van der Waals surface area contributed by atoms with Gasteiger partial charge in [-0.25, -0.2) is 9.20 Å². The zero-order chi connectivity index (χ0) is 15.3. The molecule has 0 bridgehead atoms. The molecule has 0 saturated carbocycles. The molecule has 1 aliphatic rings. The molecule has 3 heterocycles. The summed E-state index contributed by atoms with van der Waals surface area (Å²) < 4.78 is 8.49. The largest absolute Gasteiger partial charge is 0.394 e. The van der Waals surface area contributed by atoms with Crippen molar-refractivity contribution in [1.29, 1.82) is 0 Å². The fraction of sp³-hybridized carbons (Fsp3) is 0.500. The molecule has 2 aromatic rings. The Kier molecular flexibility index (Phi) is 3.61. The van der Waals surface area contributed by atoms with Gasteiger partial charge in [-0.15, -0.1) is 0 Å². The van der Waals surface area contributed by atoms with E-state index >= 15 is 0 Å². The van der Waals surface area contributed by atoms with Gasteiger partial charge in [0.05, 0.1) is 6.61 Å². The van der Waals surface area contributed by atoms with Crippen LogP contribution in [0.25, 0.3) is 5.78 Å². The molecule has 0 radical (unpaired) electrons. The summed E-state index contributed by atoms with van der Waals surface area (Å²) in [4.78, 5) is 19.3. The number of nitrogens with zero attached hydrogens (tertiary/aromatic N) is 4. The molecular weight excluding hydrogens is 397 g/mol. The van der Waals surface area contributed by atoms with Gasteiger partial charge in [0.1, 0.15) is 22.0 Å². The van der Waals surface area contributed by atoms with Crippen LogP contribution in [0, 0.1) is 3.70 Å². The van der Waals surface area contributed by atoms with Crippen molar-refractivity contribution in [2.45, 2.75) is 24.5 Å². The number of hydrogen-bond acceptors (Lipinski definition) is 8. The van der Waals surface area contributed by atoms with Crippen LogP contribution < -0.4 is 11.4 Å². The molecule has 1 aliphatic heterocycles. The van der Waals surface area contributed by atoms with Crippen molar-refractivity contribution < 1.29 is 20.1 Å². The Hall–Kier alpha value is -1.28. The van der Waals surface area contributed by atoms with E-state index < -0.39 is 36.8 Å². The normalized spacial score (nSPS) is 29.3. The molecule has 1 saturated heterocycles. The van der Waals surface area contributed by atoms with Gasteiger partial charge in [0, 0.05) is 6.20 Å². The molecule has 0 unspecified atom stereocenters. The van der Waals surface area contributed by atoms with Crippen LogP contribution in [0.15, 0.2) is 11.0 Å². The van der Waals surface area contributed by atoms with Gasteiger partial charge in [-0.2, -0.15) is 9.97 Å². The Balaban J connectivity index is 2.16. The highest BCUT2D eigenvalue weighted by Gasteiger charge is 2.44. The van der Waals surface area contributed by atoms with Crippen molar-refractivity contribution in [2.24, 2.45) is 0 Å². The van der Waals surface area contributed by atoms with Gasteiger partial charge in [-0.05, 0) is 22.6 Å². The summed E-state index contributed by atoms with van der Waals surface area (Å²) in [5.74, 6) is -0.0748. The molecule has 0 spiro atoms. The molecule has 4 atom stereocenters. The van der Waals surface area contributed by atoms with Crippen LogP contribution in [0.1, 0.15) is 6.23 Å². The Morgan fingerprint density at radius 2 is 2.10 bits per heavy atom. The van der Waals surface area contributed by atoms with Crippen LogP contribution in [0.5, 0.6) is 0 Å². The van der Waals surface area contributed by atoms with Gasteiger partial charge in [0.2, 0.25) is 11.7 Å². The molecule has 0 aromatic carbocycles. The van der Waals surface area contributed by atoms with Gasteiger partial charge in [-0.3, -0.25) is 4.57 Å². The molecule has 0 aliphatic carbocycles. The summed E-state index contributed by atoms with van der Waals surface area (Å²) in [5, 5.41) is 29.0. The van der Waals surface area contributed by atoms with Crippen molar-refractivity contribution in [3.63, 3.8) is 0 Å². The van der Waals surface area contributed by atoms with E-state index in [1.807, 2.05) is 22.6 Å². The Labute approximate surface area is 130 Å². The molecule has 21 heavy (non-hydrogen) atoms. The standard InChI is InChI=1S/C10H12IN5O5/c11-4-1-15(7-6(19)5(18)3(2-17)21-7)9-13-8(12)14-10(20)16(4)9/h1,3,5-7,17-19H,2H2,(H2,12,14,20)/t3-,5-,6-,7-/m1/s1. The predicted octanol–water partition coefficient (Wildman–Crippen LogP) is -2.31. The number of imidazole rings is 1. The number of rotatable bonds is 2. The first-order valence-corrected chi connectivity index (χ1v) is 7.07. The first-order chi connectivity index (χ1) is 9.93. The number of halogens is 1. The fourth-order valence-corrected chi connectivity index (χ4v) is 3.02. The number of anilines is 1. The maximum atomic E-state index is 11.8. The second-order valence-electron chi connectivity index (χ2n) is 4.59. The minimum absolute atomic E-state index is 0.131. The Bertz CT molecular complexity index is 745. The quantitative estimate of drug-likeness (QED) is 0.405. The lowest BCUT2D eigenvalue weighted by atomic mass is 10.1. The van der Waals surface area contributed by atoms with Gasteiger partial charge >= 0.3 is 5.69 Å². The van der Waals surface area contributed by atoms with E-state index in [-0.39, 0.29) is 11.7 Å². The van der Waals surface area contributed by atoms with Crippen LogP contribution in [0.3, 0.4) is 0 Å². The molecule has 2 aromatic heterocycles. The number of aliphatic hydroxyl groups is 3. The zero-order valence-electron chi connectivity index (χ0n) is 10.5. The lowest BCUT2D eigenvalue weighted by Crippen LogP contribution is -2.33. The first kappa shape index (κ1) is 14.6. The van der Waals surface area contributed by atoms with E-state index in [2.05, 4.69) is 9.97 Å². The van der Waals surface area contributed by atoms with E-state index in [1.54, 1.807) is 0 Å². The summed E-state index contributed by atoms with van der Waals surface area (Å²) in [6.45, 7) is -0.442. The Morgan fingerprint density at radius 3 is 2.71 bits per heavy atom. The summed E-state index contributed by atoms with van der Waals surface area (Å²) in [5.41, 5.74) is 4.87. The third-order valence-electron chi connectivity index (χ3n) is 3.30. The van der Waals surface area contributed by atoms with Gasteiger partial charge < -0.3 is 25.8 Å². The molecule has 0 amide bonds. The molecule has 114 valence electrons. The van der Waals surface area contributed by atoms with Crippen LogP contribution >= 0.6 is 22.6 Å². The second-order valence-corrected chi connectivity index (χ2v) is 5.69. The number of nitrogen functional groups attached to an aromatic ring is 1. The number of aromatic nitrogens is 4. The van der Waals surface area contributed by atoms with E-state index in [1.165, 1.54) is 15.2 Å². The topological polar surface area (TPSA) is 148 Å². The molecular formula is C10H12IN5O5. The summed E-state index contributed by atoms with van der Waals surface area (Å²) in [6, 6.07) is 0. The van der Waals surface area contributed by atoms with E-state index in [0.29, 0.717) is 3.70 Å². The minimum Gasteiger partial charge on any atom is -0.394 e. The monoisotopic (exact) mass is 409 g/mol. The van der Waals surface area contributed by atoms with Gasteiger partial charge in [0.25, 0.3) is 0 Å². The summed E-state index contributed by atoms with van der Waals surface area (Å²) >= 11 is 1.90. The number of ether oxygens (including phenoxy) is 1. The SMILES string of the molecule is Nc1nc(=O)n2c(I)cn([C@@H]3O[C@H](CO)[C@@H](O)[C@H]3O)c2n1. The molecule has 5 N–H and O–H groups in total. The first-order valence-electron chi connectivity index (χ1n) is 5.99. The minimum atomic E-state index is -1.28. The highest BCUT2D eigenvalue weighted by Crippen LogP contribution is 2.31. The molecule has 11 heteroatoms. The number of nitrogens with two attached hydrogens (primary N) is 1. The highest BCUT2D eigenvalue weighted by molar-refractivity contribution is 14.1.